The number of aliphatic carboxylic acids is 1. The number of carbonyl (C=O) groups excluding carboxylic acids is 4. The third kappa shape index (κ3) is 10.9. The summed E-state index contributed by atoms with van der Waals surface area (Å²) >= 11 is 1.06. The molecule has 0 bridgehead atoms. The molecule has 1 fully saturated rings. The van der Waals surface area contributed by atoms with E-state index in [2.05, 4.69) is 20.9 Å². The van der Waals surface area contributed by atoms with Gasteiger partial charge in [-0.15, -0.1) is 11.3 Å². The number of thiazole rings is 1. The van der Waals surface area contributed by atoms with E-state index >= 15 is 0 Å². The summed E-state index contributed by atoms with van der Waals surface area (Å²) in [6.45, 7) is 11.8. The van der Waals surface area contributed by atoms with Crippen LogP contribution in [0.3, 0.4) is 0 Å². The normalized spacial score (nSPS) is 18.0. The van der Waals surface area contributed by atoms with Gasteiger partial charge in [-0.3, -0.25) is 28.9 Å². The number of ketones is 1. The highest BCUT2D eigenvalue weighted by atomic mass is 32.1. The molecule has 0 radical (unpaired) electrons. The molecule has 3 amide bonds. The fourth-order valence-corrected chi connectivity index (χ4v) is 6.66. The van der Waals surface area contributed by atoms with Crippen molar-refractivity contribution in [2.24, 2.45) is 17.3 Å². The number of hydrogen-bond donors (Lipinski definition) is 4. The first-order chi connectivity index (χ1) is 22.6. The van der Waals surface area contributed by atoms with Crippen LogP contribution < -0.4 is 16.0 Å². The van der Waals surface area contributed by atoms with Crippen LogP contribution in [0.5, 0.6) is 0 Å². The van der Waals surface area contributed by atoms with Gasteiger partial charge in [-0.2, -0.15) is 0 Å². The Kier molecular flexibility index (Phi) is 14.3. The molecule has 0 saturated carbocycles. The van der Waals surface area contributed by atoms with Crippen LogP contribution >= 0.6 is 11.3 Å². The predicted molar refractivity (Wildman–Crippen MR) is 187 cm³/mol. The summed E-state index contributed by atoms with van der Waals surface area (Å²) in [7, 11) is 1.93. The molecule has 5 atom stereocenters. The summed E-state index contributed by atoms with van der Waals surface area (Å²) in [5.41, 5.74) is -0.0434. The van der Waals surface area contributed by atoms with Gasteiger partial charge in [0.2, 0.25) is 11.8 Å². The largest absolute Gasteiger partial charge is 0.481 e. The summed E-state index contributed by atoms with van der Waals surface area (Å²) < 4.78 is 0. The van der Waals surface area contributed by atoms with Gasteiger partial charge in [-0.25, -0.2) is 4.98 Å². The second-order valence-electron chi connectivity index (χ2n) is 14.1. The van der Waals surface area contributed by atoms with Gasteiger partial charge in [0.15, 0.2) is 10.8 Å². The van der Waals surface area contributed by atoms with Gasteiger partial charge in [-0.1, -0.05) is 70.9 Å². The fraction of sp³-hybridized carbons (Fsp3) is 0.611. The van der Waals surface area contributed by atoms with Crippen LogP contribution in [-0.4, -0.2) is 82.2 Å². The molecule has 11 nitrogen and oxygen atoms in total. The number of nitrogens with one attached hydrogen (secondary N) is 3. The molecule has 12 heteroatoms. The SMILES string of the molecule is CC[C@H](C)[C@H](NC(=O)[C@H]1CCCCN1C)C(=O)N[C@H](CC(=O)c1nc(C(=O)N[C@@H](Cc2ccccc2)CC(C)(C)C(=O)O)cs1)C(C)C. The van der Waals surface area contributed by atoms with Crippen molar-refractivity contribution in [1.82, 2.24) is 25.8 Å². The van der Waals surface area contributed by atoms with Crippen LogP contribution in [0, 0.1) is 17.3 Å². The Hall–Kier alpha value is -3.64. The number of likely N-dealkylation sites (N-methyl/N-ethyl adjacent to an activating group) is 1. The highest BCUT2D eigenvalue weighted by Crippen LogP contribution is 2.25. The molecule has 1 aromatic carbocycles. The van der Waals surface area contributed by atoms with E-state index in [-0.39, 0.29) is 59.0 Å². The molecule has 1 aromatic heterocycles. The van der Waals surface area contributed by atoms with Crippen molar-refractivity contribution in [2.75, 3.05) is 13.6 Å². The maximum atomic E-state index is 13.6. The van der Waals surface area contributed by atoms with Crippen LogP contribution in [0.4, 0.5) is 0 Å². The van der Waals surface area contributed by atoms with Gasteiger partial charge >= 0.3 is 5.97 Å². The first-order valence-electron chi connectivity index (χ1n) is 17.0. The van der Waals surface area contributed by atoms with E-state index < -0.39 is 35.4 Å². The molecule has 0 spiro atoms. The topological polar surface area (TPSA) is 158 Å². The van der Waals surface area contributed by atoms with Gasteiger partial charge in [0.1, 0.15) is 11.7 Å². The van der Waals surface area contributed by atoms with E-state index in [0.717, 1.165) is 42.7 Å². The van der Waals surface area contributed by atoms with Gasteiger partial charge < -0.3 is 21.1 Å². The van der Waals surface area contributed by atoms with E-state index in [9.17, 15) is 29.1 Å². The smallest absolute Gasteiger partial charge is 0.309 e. The third-order valence-corrected chi connectivity index (χ3v) is 10.3. The van der Waals surface area contributed by atoms with Crippen molar-refractivity contribution in [2.45, 2.75) is 111 Å². The Labute approximate surface area is 288 Å². The van der Waals surface area contributed by atoms with Crippen molar-refractivity contribution in [3.05, 3.63) is 52.0 Å². The number of aromatic nitrogens is 1. The molecule has 1 aliphatic heterocycles. The van der Waals surface area contributed by atoms with Crippen molar-refractivity contribution < 1.29 is 29.1 Å². The van der Waals surface area contributed by atoms with Crippen LogP contribution in [0.25, 0.3) is 0 Å². The van der Waals surface area contributed by atoms with Crippen LogP contribution in [-0.2, 0) is 20.8 Å². The predicted octanol–water partition coefficient (Wildman–Crippen LogP) is 4.71. The molecule has 1 saturated heterocycles. The summed E-state index contributed by atoms with van der Waals surface area (Å²) in [4.78, 5) is 71.7. The summed E-state index contributed by atoms with van der Waals surface area (Å²) in [5, 5.41) is 20.3. The average Bonchev–Trinajstić information content (AvgIpc) is 3.54. The lowest BCUT2D eigenvalue weighted by Crippen LogP contribution is -2.57. The van der Waals surface area contributed by atoms with Crippen molar-refractivity contribution in [3.8, 4) is 0 Å². The van der Waals surface area contributed by atoms with Crippen molar-refractivity contribution in [1.29, 1.82) is 0 Å². The van der Waals surface area contributed by atoms with Gasteiger partial charge in [0.05, 0.1) is 11.5 Å². The number of carboxylic acid groups (broad SMARTS) is 1. The van der Waals surface area contributed by atoms with Gasteiger partial charge in [-0.05, 0) is 70.5 Å². The highest BCUT2D eigenvalue weighted by molar-refractivity contribution is 7.11. The minimum absolute atomic E-state index is 0.0199. The third-order valence-electron chi connectivity index (χ3n) is 9.38. The molecular formula is C36H53N5O6S. The fourth-order valence-electron chi connectivity index (χ4n) is 5.91. The van der Waals surface area contributed by atoms with Crippen molar-refractivity contribution >= 4 is 40.8 Å². The number of likely N-dealkylation sites (tertiary alicyclic amines) is 1. The minimum atomic E-state index is -1.07. The number of rotatable bonds is 17. The van der Waals surface area contributed by atoms with E-state index in [1.165, 1.54) is 5.38 Å². The first kappa shape index (κ1) is 38.8. The lowest BCUT2D eigenvalue weighted by molar-refractivity contribution is -0.147. The molecule has 0 unspecified atom stereocenters. The molecular weight excluding hydrogens is 630 g/mol. The van der Waals surface area contributed by atoms with E-state index in [0.29, 0.717) is 12.8 Å². The van der Waals surface area contributed by atoms with Gasteiger partial charge in [0, 0.05) is 23.9 Å². The molecule has 2 aromatic rings. The number of carboxylic acids is 1. The van der Waals surface area contributed by atoms with Crippen LogP contribution in [0.2, 0.25) is 0 Å². The van der Waals surface area contributed by atoms with Gasteiger partial charge in [0.25, 0.3) is 5.91 Å². The first-order valence-corrected chi connectivity index (χ1v) is 17.9. The summed E-state index contributed by atoms with van der Waals surface area (Å²) in [6.07, 6.45) is 4.07. The number of benzene rings is 1. The number of Topliss-reactive ketones (excluding diaryl/α,β-unsaturated/α-hetero) is 1. The minimum Gasteiger partial charge on any atom is -0.481 e. The zero-order valence-corrected chi connectivity index (χ0v) is 30.2. The summed E-state index contributed by atoms with van der Waals surface area (Å²) in [6, 6.07) is 7.51. The zero-order chi connectivity index (χ0) is 35.6. The lowest BCUT2D eigenvalue weighted by Gasteiger charge is -2.34. The van der Waals surface area contributed by atoms with E-state index in [1.807, 2.05) is 70.0 Å². The highest BCUT2D eigenvalue weighted by Gasteiger charge is 2.34. The summed E-state index contributed by atoms with van der Waals surface area (Å²) in [5.74, 6) is -2.43. The van der Waals surface area contributed by atoms with Crippen molar-refractivity contribution in [3.63, 3.8) is 0 Å². The molecule has 2 heterocycles. The molecule has 1 aliphatic rings. The number of amides is 3. The second kappa shape index (κ2) is 17.7. The van der Waals surface area contributed by atoms with E-state index in [1.54, 1.807) is 13.8 Å². The number of hydrogen-bond acceptors (Lipinski definition) is 8. The molecule has 4 N–H and O–H groups in total. The Balaban J connectivity index is 1.68. The average molecular weight is 684 g/mol. The second-order valence-corrected chi connectivity index (χ2v) is 15.0. The Morgan fingerprint density at radius 3 is 2.33 bits per heavy atom. The quantitative estimate of drug-likeness (QED) is 0.175. The Bertz CT molecular complexity index is 1410. The number of carbonyl (C=O) groups is 5. The Morgan fingerprint density at radius 1 is 1.04 bits per heavy atom. The molecule has 48 heavy (non-hydrogen) atoms. The Morgan fingerprint density at radius 2 is 1.73 bits per heavy atom. The maximum Gasteiger partial charge on any atom is 0.309 e. The van der Waals surface area contributed by atoms with Crippen LogP contribution in [0.15, 0.2) is 35.7 Å². The maximum absolute atomic E-state index is 13.6. The van der Waals surface area contributed by atoms with E-state index in [4.69, 9.17) is 0 Å². The number of nitrogens with zero attached hydrogens (tertiary/aromatic N) is 2. The monoisotopic (exact) mass is 683 g/mol. The molecule has 264 valence electrons. The standard InChI is InChI=1S/C36H53N5O6S/c1-8-23(4)30(40-32(44)28-16-12-13-17-41(28)7)33(45)38-26(22(2)3)19-29(42)34-39-27(21-48-34)31(43)37-25(20-36(5,6)35(46)47)18-24-14-10-9-11-15-24/h9-11,14-15,21-23,25-26,28,30H,8,12-13,16-20H2,1-7H3,(H,37,43)(H,38,45)(H,40,44)(H,46,47)/t23-,25-,26+,28+,30-/m0/s1. The number of piperidine rings is 1. The lowest BCUT2D eigenvalue weighted by atomic mass is 9.84. The molecule has 3 rings (SSSR count). The van der Waals surface area contributed by atoms with Crippen LogP contribution in [0.1, 0.15) is 106 Å². The zero-order valence-electron chi connectivity index (χ0n) is 29.4. The molecule has 0 aliphatic carbocycles.